The van der Waals surface area contributed by atoms with Crippen molar-refractivity contribution < 1.29 is 19.2 Å². The minimum atomic E-state index is -0.650. The summed E-state index contributed by atoms with van der Waals surface area (Å²) >= 11 is 0. The van der Waals surface area contributed by atoms with Crippen molar-refractivity contribution in [3.8, 4) is 0 Å². The number of amides is 4. The Morgan fingerprint density at radius 1 is 0.710 bits per heavy atom. The Balaban J connectivity index is 1.35. The van der Waals surface area contributed by atoms with E-state index in [0.29, 0.717) is 35.2 Å². The van der Waals surface area contributed by atoms with Crippen LogP contribution in [0.2, 0.25) is 0 Å². The van der Waals surface area contributed by atoms with Gasteiger partial charge in [-0.25, -0.2) is 0 Å². The Hall–Kier alpha value is -3.28. The van der Waals surface area contributed by atoms with E-state index in [2.05, 4.69) is 0 Å². The van der Waals surface area contributed by atoms with Crippen LogP contribution in [0.4, 0.5) is 0 Å². The van der Waals surface area contributed by atoms with Crippen LogP contribution >= 0.6 is 0 Å². The number of carbonyl (C=O) groups excluding carboxylic acids is 4. The highest BCUT2D eigenvalue weighted by Gasteiger charge is 2.46. The summed E-state index contributed by atoms with van der Waals surface area (Å²) in [5, 5.41) is 0. The number of unbranched alkanes of at least 4 members (excludes halogenated alkanes) is 1. The van der Waals surface area contributed by atoms with Crippen LogP contribution in [0.3, 0.4) is 0 Å². The van der Waals surface area contributed by atoms with Gasteiger partial charge in [-0.15, -0.1) is 0 Å². The van der Waals surface area contributed by atoms with Gasteiger partial charge in [0, 0.05) is 12.1 Å². The molecule has 4 amide bonds. The maximum atomic E-state index is 12.9. The lowest BCUT2D eigenvalue weighted by Gasteiger charge is -2.39. The van der Waals surface area contributed by atoms with Gasteiger partial charge in [-0.05, 0) is 56.9 Å². The number of hydrogen-bond acceptors (Lipinski definition) is 4. The average molecular weight is 418 g/mol. The first-order valence-electron chi connectivity index (χ1n) is 10.7. The molecule has 0 spiro atoms. The van der Waals surface area contributed by atoms with Crippen LogP contribution in [0.5, 0.6) is 0 Å². The Labute approximate surface area is 181 Å². The average Bonchev–Trinajstić information content (AvgIpc) is 3.16. The lowest BCUT2D eigenvalue weighted by atomic mass is 9.83. The van der Waals surface area contributed by atoms with E-state index in [1.54, 1.807) is 48.5 Å². The Kier molecular flexibility index (Phi) is 5.25. The molecule has 2 heterocycles. The molecule has 1 atom stereocenters. The molecule has 0 fully saturated rings. The summed E-state index contributed by atoms with van der Waals surface area (Å²) in [4.78, 5) is 53.4. The molecule has 0 radical (unpaired) electrons. The van der Waals surface area contributed by atoms with Crippen molar-refractivity contribution >= 4 is 23.6 Å². The second-order valence-corrected chi connectivity index (χ2v) is 8.85. The highest BCUT2D eigenvalue weighted by atomic mass is 16.2. The predicted octanol–water partition coefficient (Wildman–Crippen LogP) is 4.16. The van der Waals surface area contributed by atoms with E-state index in [4.69, 9.17) is 0 Å². The Bertz CT molecular complexity index is 1020. The molecule has 6 heteroatoms. The van der Waals surface area contributed by atoms with Gasteiger partial charge in [-0.3, -0.25) is 29.0 Å². The zero-order valence-electron chi connectivity index (χ0n) is 18.1. The molecule has 0 saturated carbocycles. The zero-order valence-corrected chi connectivity index (χ0v) is 18.1. The number of rotatable bonds is 7. The van der Waals surface area contributed by atoms with E-state index in [-0.39, 0.29) is 29.5 Å². The molecular formula is C25H26N2O4. The van der Waals surface area contributed by atoms with Crippen molar-refractivity contribution in [2.75, 3.05) is 6.54 Å². The first-order valence-corrected chi connectivity index (χ1v) is 10.7. The molecule has 0 saturated heterocycles. The van der Waals surface area contributed by atoms with Crippen molar-refractivity contribution in [3.63, 3.8) is 0 Å². The molecule has 31 heavy (non-hydrogen) atoms. The Morgan fingerprint density at radius 3 is 1.58 bits per heavy atom. The summed E-state index contributed by atoms with van der Waals surface area (Å²) in [6, 6.07) is 13.8. The van der Waals surface area contributed by atoms with Gasteiger partial charge in [0.15, 0.2) is 0 Å². The number of fused-ring (bicyclic) bond motifs is 2. The second kappa shape index (κ2) is 7.76. The van der Waals surface area contributed by atoms with E-state index in [9.17, 15) is 19.2 Å². The number of nitrogens with zero attached hydrogens (tertiary/aromatic N) is 2. The van der Waals surface area contributed by atoms with Gasteiger partial charge in [0.1, 0.15) is 0 Å². The third-order valence-corrected chi connectivity index (χ3v) is 6.72. The van der Waals surface area contributed by atoms with Gasteiger partial charge in [0.25, 0.3) is 23.6 Å². The molecule has 2 aliphatic heterocycles. The maximum Gasteiger partial charge on any atom is 0.262 e. The van der Waals surface area contributed by atoms with E-state index in [1.807, 2.05) is 20.8 Å². The molecule has 0 N–H and O–H groups in total. The van der Waals surface area contributed by atoms with E-state index >= 15 is 0 Å². The summed E-state index contributed by atoms with van der Waals surface area (Å²) in [5.74, 6) is -0.913. The van der Waals surface area contributed by atoms with Crippen LogP contribution in [0, 0.1) is 5.92 Å². The second-order valence-electron chi connectivity index (χ2n) is 8.85. The third-order valence-electron chi connectivity index (χ3n) is 6.72. The van der Waals surface area contributed by atoms with Crippen molar-refractivity contribution in [3.05, 3.63) is 70.8 Å². The monoisotopic (exact) mass is 418 g/mol. The minimum Gasteiger partial charge on any atom is -0.274 e. The van der Waals surface area contributed by atoms with Gasteiger partial charge >= 0.3 is 0 Å². The lowest BCUT2D eigenvalue weighted by Crippen LogP contribution is -2.51. The summed E-state index contributed by atoms with van der Waals surface area (Å²) in [7, 11) is 0. The first-order chi connectivity index (χ1) is 14.7. The lowest BCUT2D eigenvalue weighted by molar-refractivity contribution is 0.0363. The summed E-state index contributed by atoms with van der Waals surface area (Å²) in [5.41, 5.74) is 1.19. The van der Waals surface area contributed by atoms with Gasteiger partial charge in [0.05, 0.1) is 22.3 Å². The minimum absolute atomic E-state index is 0.0527. The summed E-state index contributed by atoms with van der Waals surface area (Å²) < 4.78 is 0. The highest BCUT2D eigenvalue weighted by Crippen LogP contribution is 2.35. The topological polar surface area (TPSA) is 74.8 Å². The quantitative estimate of drug-likeness (QED) is 0.500. The van der Waals surface area contributed by atoms with Gasteiger partial charge in [-0.1, -0.05) is 37.6 Å². The van der Waals surface area contributed by atoms with E-state index in [1.165, 1.54) is 9.80 Å². The van der Waals surface area contributed by atoms with Crippen LogP contribution in [0.25, 0.3) is 0 Å². The largest absolute Gasteiger partial charge is 0.274 e. The molecule has 4 rings (SSSR count). The molecule has 1 unspecified atom stereocenters. The van der Waals surface area contributed by atoms with Crippen molar-refractivity contribution in [2.24, 2.45) is 5.92 Å². The smallest absolute Gasteiger partial charge is 0.262 e. The van der Waals surface area contributed by atoms with Crippen LogP contribution in [0.15, 0.2) is 48.5 Å². The zero-order chi connectivity index (χ0) is 22.3. The fourth-order valence-corrected chi connectivity index (χ4v) is 4.45. The SMILES string of the molecule is CC(CCCCN1C(=O)c2ccccc2C1=O)C(C)(C)N1C(=O)c2ccccc2C1=O. The molecule has 6 nitrogen and oxygen atoms in total. The third kappa shape index (κ3) is 3.36. The number of benzene rings is 2. The van der Waals surface area contributed by atoms with Crippen molar-refractivity contribution in [1.29, 1.82) is 0 Å². The molecule has 0 aromatic heterocycles. The van der Waals surface area contributed by atoms with Crippen LogP contribution in [0.1, 0.15) is 81.5 Å². The number of hydrogen-bond donors (Lipinski definition) is 0. The molecular weight excluding hydrogens is 392 g/mol. The molecule has 2 aliphatic rings. The number of imide groups is 2. The van der Waals surface area contributed by atoms with E-state index in [0.717, 1.165) is 12.8 Å². The normalized spacial score (nSPS) is 16.7. The molecule has 2 aromatic rings. The first kappa shape index (κ1) is 21.0. The molecule has 160 valence electrons. The summed E-state index contributed by atoms with van der Waals surface area (Å²) in [6.45, 7) is 6.24. The van der Waals surface area contributed by atoms with Crippen LogP contribution in [-0.2, 0) is 0 Å². The molecule has 0 bridgehead atoms. The molecule has 2 aromatic carbocycles. The number of carbonyl (C=O) groups is 4. The summed E-state index contributed by atoms with van der Waals surface area (Å²) in [6.07, 6.45) is 2.22. The van der Waals surface area contributed by atoms with Crippen molar-refractivity contribution in [2.45, 2.75) is 45.6 Å². The predicted molar refractivity (Wildman–Crippen MR) is 116 cm³/mol. The Morgan fingerprint density at radius 2 is 1.13 bits per heavy atom. The fourth-order valence-electron chi connectivity index (χ4n) is 4.45. The molecule has 0 aliphatic carbocycles. The fraction of sp³-hybridized carbons (Fsp3) is 0.360. The van der Waals surface area contributed by atoms with Crippen LogP contribution in [-0.4, -0.2) is 45.5 Å². The highest BCUT2D eigenvalue weighted by molar-refractivity contribution is 6.22. The van der Waals surface area contributed by atoms with Crippen LogP contribution < -0.4 is 0 Å². The standard InChI is InChI=1S/C25H26N2O4/c1-16(25(2,3)27-23(30)19-13-6-7-14-20(19)24(27)31)10-8-9-15-26-21(28)17-11-4-5-12-18(17)22(26)29/h4-7,11-14,16H,8-10,15H2,1-3H3. The van der Waals surface area contributed by atoms with Gasteiger partial charge in [0.2, 0.25) is 0 Å². The van der Waals surface area contributed by atoms with E-state index < -0.39 is 5.54 Å². The van der Waals surface area contributed by atoms with Gasteiger partial charge < -0.3 is 0 Å². The van der Waals surface area contributed by atoms with Crippen molar-refractivity contribution in [1.82, 2.24) is 9.80 Å². The van der Waals surface area contributed by atoms with Gasteiger partial charge in [-0.2, -0.15) is 0 Å². The maximum absolute atomic E-state index is 12.9.